The minimum Gasteiger partial charge on any atom is -0.444 e. The van der Waals surface area contributed by atoms with E-state index in [-0.39, 0.29) is 12.1 Å². The van der Waals surface area contributed by atoms with Gasteiger partial charge in [0.05, 0.1) is 11.2 Å². The number of rotatable bonds is 4. The molecule has 5 rings (SSSR count). The SMILES string of the molecule is Cc1nc(N[C@H]2CC[C@@H](NC(=O)OC(C)(C)C)CC2)nc2ccc(-c3cccc4c3CCCC4)cc12. The van der Waals surface area contributed by atoms with E-state index >= 15 is 0 Å². The summed E-state index contributed by atoms with van der Waals surface area (Å²) in [5, 5.41) is 7.67. The number of nitrogens with zero attached hydrogens (tertiary/aromatic N) is 2. The quantitative estimate of drug-likeness (QED) is 0.427. The molecule has 1 saturated carbocycles. The number of anilines is 1. The molecule has 0 bridgehead atoms. The standard InChI is InChI=1S/C30H38N4O2/c1-19-26-18-21(25-11-7-9-20-8-5-6-10-24(20)25)12-17-27(26)34-28(31-19)32-22-13-15-23(16-14-22)33-29(35)36-30(2,3)4/h7,9,11-12,17-18,22-23H,5-6,8,10,13-16H2,1-4H3,(H,33,35)(H,31,32,34)/t22-,23+. The lowest BCUT2D eigenvalue weighted by Crippen LogP contribution is -2.42. The molecular formula is C30H38N4O2. The number of benzene rings is 2. The first-order chi connectivity index (χ1) is 17.2. The third kappa shape index (κ3) is 5.63. The molecule has 36 heavy (non-hydrogen) atoms. The van der Waals surface area contributed by atoms with E-state index in [4.69, 9.17) is 14.7 Å². The lowest BCUT2D eigenvalue weighted by Gasteiger charge is -2.30. The molecule has 1 amide bonds. The van der Waals surface area contributed by atoms with Crippen LogP contribution in [-0.2, 0) is 17.6 Å². The Bertz CT molecular complexity index is 1260. The van der Waals surface area contributed by atoms with E-state index in [2.05, 4.69) is 54.0 Å². The van der Waals surface area contributed by atoms with E-state index < -0.39 is 5.60 Å². The second-order valence-electron chi connectivity index (χ2n) is 11.4. The minimum absolute atomic E-state index is 0.152. The zero-order valence-electron chi connectivity index (χ0n) is 22.0. The van der Waals surface area contributed by atoms with Gasteiger partial charge in [0, 0.05) is 17.5 Å². The first-order valence-corrected chi connectivity index (χ1v) is 13.4. The first-order valence-electron chi connectivity index (χ1n) is 13.4. The molecule has 2 aliphatic carbocycles. The van der Waals surface area contributed by atoms with Crippen molar-refractivity contribution in [1.29, 1.82) is 0 Å². The summed E-state index contributed by atoms with van der Waals surface area (Å²) >= 11 is 0. The number of hydrogen-bond donors (Lipinski definition) is 2. The Labute approximate surface area is 214 Å². The Kier molecular flexibility index (Phi) is 6.87. The summed E-state index contributed by atoms with van der Waals surface area (Å²) in [6.45, 7) is 7.72. The van der Waals surface area contributed by atoms with E-state index in [1.54, 1.807) is 0 Å². The van der Waals surface area contributed by atoms with Crippen LogP contribution < -0.4 is 10.6 Å². The molecule has 0 aliphatic heterocycles. The molecule has 0 saturated heterocycles. The molecule has 1 fully saturated rings. The fourth-order valence-electron chi connectivity index (χ4n) is 5.60. The Morgan fingerprint density at radius 3 is 2.50 bits per heavy atom. The van der Waals surface area contributed by atoms with Gasteiger partial charge < -0.3 is 15.4 Å². The van der Waals surface area contributed by atoms with Crippen LogP contribution in [0.5, 0.6) is 0 Å². The van der Waals surface area contributed by atoms with Crippen LogP contribution in [0.4, 0.5) is 10.7 Å². The van der Waals surface area contributed by atoms with Crippen molar-refractivity contribution >= 4 is 22.9 Å². The second-order valence-corrected chi connectivity index (χ2v) is 11.4. The number of carbonyl (C=O) groups is 1. The largest absolute Gasteiger partial charge is 0.444 e. The predicted molar refractivity (Wildman–Crippen MR) is 145 cm³/mol. The highest BCUT2D eigenvalue weighted by Crippen LogP contribution is 2.33. The van der Waals surface area contributed by atoms with E-state index in [0.29, 0.717) is 12.0 Å². The van der Waals surface area contributed by atoms with Crippen molar-refractivity contribution < 1.29 is 9.53 Å². The molecule has 1 heterocycles. The fourth-order valence-corrected chi connectivity index (χ4v) is 5.60. The van der Waals surface area contributed by atoms with Gasteiger partial charge in [0.15, 0.2) is 0 Å². The third-order valence-corrected chi connectivity index (χ3v) is 7.37. The van der Waals surface area contributed by atoms with Crippen LogP contribution in [0.3, 0.4) is 0 Å². The van der Waals surface area contributed by atoms with E-state index in [1.165, 1.54) is 41.5 Å². The molecule has 0 unspecified atom stereocenters. The van der Waals surface area contributed by atoms with Gasteiger partial charge >= 0.3 is 6.09 Å². The number of aromatic nitrogens is 2. The summed E-state index contributed by atoms with van der Waals surface area (Å²) in [6, 6.07) is 13.8. The maximum atomic E-state index is 12.1. The van der Waals surface area contributed by atoms with Gasteiger partial charge in [-0.05, 0) is 113 Å². The van der Waals surface area contributed by atoms with Crippen molar-refractivity contribution in [2.24, 2.45) is 0 Å². The van der Waals surface area contributed by atoms with E-state index in [9.17, 15) is 4.79 Å². The van der Waals surface area contributed by atoms with Gasteiger partial charge in [-0.2, -0.15) is 0 Å². The highest BCUT2D eigenvalue weighted by molar-refractivity contribution is 5.87. The number of nitrogens with one attached hydrogen (secondary N) is 2. The fraction of sp³-hybridized carbons (Fsp3) is 0.500. The van der Waals surface area contributed by atoms with Crippen molar-refractivity contribution in [2.45, 2.75) is 96.7 Å². The summed E-state index contributed by atoms with van der Waals surface area (Å²) in [5.74, 6) is 0.688. The molecule has 0 atom stereocenters. The van der Waals surface area contributed by atoms with Crippen LogP contribution in [0.15, 0.2) is 36.4 Å². The van der Waals surface area contributed by atoms with Gasteiger partial charge in [-0.15, -0.1) is 0 Å². The molecular weight excluding hydrogens is 448 g/mol. The molecule has 190 valence electrons. The van der Waals surface area contributed by atoms with E-state index in [1.807, 2.05) is 20.8 Å². The number of amides is 1. The van der Waals surface area contributed by atoms with Crippen molar-refractivity contribution in [3.8, 4) is 11.1 Å². The Balaban J connectivity index is 1.26. The number of fused-ring (bicyclic) bond motifs is 2. The van der Waals surface area contributed by atoms with Crippen LogP contribution in [-0.4, -0.2) is 33.7 Å². The number of ether oxygens (including phenoxy) is 1. The van der Waals surface area contributed by atoms with Crippen LogP contribution in [0.25, 0.3) is 22.0 Å². The molecule has 1 aromatic heterocycles. The summed E-state index contributed by atoms with van der Waals surface area (Å²) in [4.78, 5) is 21.7. The normalized spacial score (nSPS) is 20.0. The van der Waals surface area contributed by atoms with Crippen molar-refractivity contribution in [2.75, 3.05) is 5.32 Å². The average Bonchev–Trinajstić information content (AvgIpc) is 2.84. The molecule has 2 N–H and O–H groups in total. The Morgan fingerprint density at radius 1 is 0.972 bits per heavy atom. The topological polar surface area (TPSA) is 76.1 Å². The zero-order valence-corrected chi connectivity index (χ0v) is 22.0. The monoisotopic (exact) mass is 486 g/mol. The molecule has 3 aromatic rings. The maximum absolute atomic E-state index is 12.1. The van der Waals surface area contributed by atoms with Gasteiger partial charge in [-0.1, -0.05) is 24.3 Å². The number of alkyl carbamates (subject to hydrolysis) is 1. The Morgan fingerprint density at radius 2 is 1.72 bits per heavy atom. The lowest BCUT2D eigenvalue weighted by molar-refractivity contribution is 0.0492. The maximum Gasteiger partial charge on any atom is 0.407 e. The van der Waals surface area contributed by atoms with Gasteiger partial charge in [0.25, 0.3) is 0 Å². The van der Waals surface area contributed by atoms with Crippen molar-refractivity contribution in [1.82, 2.24) is 15.3 Å². The molecule has 6 nitrogen and oxygen atoms in total. The Hall–Kier alpha value is -3.15. The highest BCUT2D eigenvalue weighted by Gasteiger charge is 2.25. The zero-order chi connectivity index (χ0) is 25.3. The van der Waals surface area contributed by atoms with Crippen LogP contribution in [0, 0.1) is 6.92 Å². The van der Waals surface area contributed by atoms with Crippen molar-refractivity contribution in [3.05, 3.63) is 53.2 Å². The first kappa shape index (κ1) is 24.5. The predicted octanol–water partition coefficient (Wildman–Crippen LogP) is 6.73. The number of carbonyl (C=O) groups excluding carboxylic acids is 1. The van der Waals surface area contributed by atoms with Crippen LogP contribution >= 0.6 is 0 Å². The summed E-state index contributed by atoms with van der Waals surface area (Å²) < 4.78 is 5.40. The molecule has 2 aromatic carbocycles. The number of hydrogen-bond acceptors (Lipinski definition) is 5. The van der Waals surface area contributed by atoms with Gasteiger partial charge in [0.1, 0.15) is 5.60 Å². The van der Waals surface area contributed by atoms with Gasteiger partial charge in [-0.25, -0.2) is 14.8 Å². The average molecular weight is 487 g/mol. The summed E-state index contributed by atoms with van der Waals surface area (Å²) in [6.07, 6.45) is 8.32. The van der Waals surface area contributed by atoms with Gasteiger partial charge in [-0.3, -0.25) is 0 Å². The van der Waals surface area contributed by atoms with Crippen LogP contribution in [0.1, 0.15) is 76.1 Å². The summed E-state index contributed by atoms with van der Waals surface area (Å²) in [7, 11) is 0. The molecule has 6 heteroatoms. The second kappa shape index (κ2) is 10.1. The lowest BCUT2D eigenvalue weighted by atomic mass is 9.86. The third-order valence-electron chi connectivity index (χ3n) is 7.37. The highest BCUT2D eigenvalue weighted by atomic mass is 16.6. The van der Waals surface area contributed by atoms with Crippen molar-refractivity contribution in [3.63, 3.8) is 0 Å². The minimum atomic E-state index is -0.477. The molecule has 0 radical (unpaired) electrons. The smallest absolute Gasteiger partial charge is 0.407 e. The summed E-state index contributed by atoms with van der Waals surface area (Å²) in [5.41, 5.74) is 7.11. The molecule has 0 spiro atoms. The molecule has 2 aliphatic rings. The van der Waals surface area contributed by atoms with Gasteiger partial charge in [0.2, 0.25) is 5.95 Å². The van der Waals surface area contributed by atoms with E-state index in [0.717, 1.165) is 48.7 Å². The number of aryl methyl sites for hydroxylation is 2. The van der Waals surface area contributed by atoms with Crippen LogP contribution in [0.2, 0.25) is 0 Å².